The van der Waals surface area contributed by atoms with Crippen LogP contribution < -0.4 is 5.73 Å². The van der Waals surface area contributed by atoms with Crippen LogP contribution in [0.5, 0.6) is 0 Å². The summed E-state index contributed by atoms with van der Waals surface area (Å²) in [5.74, 6) is -4.18. The Kier molecular flexibility index (Phi) is 4.73. The first-order valence-electron chi connectivity index (χ1n) is 9.96. The van der Waals surface area contributed by atoms with Crippen molar-refractivity contribution in [3.8, 4) is 11.1 Å². The normalized spacial score (nSPS) is 17.7. The number of likely N-dealkylation sites (N-methyl/N-ethyl adjacent to an activating group) is 1. The van der Waals surface area contributed by atoms with Gasteiger partial charge in [-0.15, -0.1) is 0 Å². The summed E-state index contributed by atoms with van der Waals surface area (Å²) in [7, 11) is 1.52. The van der Waals surface area contributed by atoms with E-state index in [2.05, 4.69) is 0 Å². The molecule has 160 valence electrons. The molecule has 1 heterocycles. The third kappa shape index (κ3) is 3.20. The molecule has 1 aromatic heterocycles. The van der Waals surface area contributed by atoms with E-state index < -0.39 is 23.3 Å². The lowest BCUT2D eigenvalue weighted by atomic mass is 9.99. The first-order chi connectivity index (χ1) is 14.0. The zero-order chi connectivity index (χ0) is 22.0. The van der Waals surface area contributed by atoms with Crippen LogP contribution in [0.2, 0.25) is 5.02 Å². The average Bonchev–Trinajstić information content (AvgIpc) is 3.57. The van der Waals surface area contributed by atoms with Crippen molar-refractivity contribution in [3.63, 3.8) is 0 Å². The standard InChI is InChI=1S/C22H24ClF2N3O2/c1-12-16(13-4-6-14(23)7-5-13)17(19(29)27(3)22(10-11-22)20(26)30)28(15-8-9-15)18(12)21(2,24)25/h4-7,15H,8-11H2,1-3H3,(H2,26,30). The molecule has 2 amide bonds. The number of primary amides is 1. The summed E-state index contributed by atoms with van der Waals surface area (Å²) in [6, 6.07) is 6.60. The summed E-state index contributed by atoms with van der Waals surface area (Å²) >= 11 is 6.01. The Morgan fingerprint density at radius 1 is 1.23 bits per heavy atom. The van der Waals surface area contributed by atoms with E-state index in [0.717, 1.165) is 19.8 Å². The van der Waals surface area contributed by atoms with Crippen LogP contribution in [0.4, 0.5) is 8.78 Å². The fraction of sp³-hybridized carbons (Fsp3) is 0.455. The van der Waals surface area contributed by atoms with Gasteiger partial charge < -0.3 is 15.2 Å². The van der Waals surface area contributed by atoms with Crippen LogP contribution in [0.3, 0.4) is 0 Å². The summed E-state index contributed by atoms with van der Waals surface area (Å²) in [6.45, 7) is 2.47. The summed E-state index contributed by atoms with van der Waals surface area (Å²) in [5, 5.41) is 0.509. The number of hydrogen-bond acceptors (Lipinski definition) is 2. The maximum atomic E-state index is 14.7. The molecule has 0 atom stereocenters. The van der Waals surface area contributed by atoms with E-state index in [9.17, 15) is 18.4 Å². The Hall–Kier alpha value is -2.41. The predicted molar refractivity (Wildman–Crippen MR) is 111 cm³/mol. The van der Waals surface area contributed by atoms with E-state index in [4.69, 9.17) is 17.3 Å². The SMILES string of the molecule is Cc1c(-c2ccc(Cl)cc2)c(C(=O)N(C)C2(C(N)=O)CC2)n(C2CC2)c1C(C)(F)F. The lowest BCUT2D eigenvalue weighted by Gasteiger charge is -2.27. The summed E-state index contributed by atoms with van der Waals surface area (Å²) in [6.07, 6.45) is 2.39. The Balaban J connectivity index is 1.97. The van der Waals surface area contributed by atoms with E-state index in [1.54, 1.807) is 31.2 Å². The number of carbonyl (C=O) groups excluding carboxylic acids is 2. The predicted octanol–water partition coefficient (Wildman–Crippen LogP) is 4.65. The fourth-order valence-electron chi connectivity index (χ4n) is 4.35. The highest BCUT2D eigenvalue weighted by Crippen LogP contribution is 2.49. The number of carbonyl (C=O) groups is 2. The van der Waals surface area contributed by atoms with E-state index in [1.807, 2.05) is 0 Å². The van der Waals surface area contributed by atoms with Crippen molar-refractivity contribution >= 4 is 23.4 Å². The van der Waals surface area contributed by atoms with Gasteiger partial charge in [0.2, 0.25) is 5.91 Å². The van der Waals surface area contributed by atoms with Gasteiger partial charge in [-0.3, -0.25) is 9.59 Å². The van der Waals surface area contributed by atoms with Crippen molar-refractivity contribution in [2.45, 2.75) is 57.0 Å². The van der Waals surface area contributed by atoms with E-state index >= 15 is 0 Å². The first kappa shape index (κ1) is 20.8. The number of amides is 2. The number of aromatic nitrogens is 1. The molecule has 0 unspecified atom stereocenters. The minimum Gasteiger partial charge on any atom is -0.368 e. The van der Waals surface area contributed by atoms with Crippen LogP contribution >= 0.6 is 11.6 Å². The van der Waals surface area contributed by atoms with Crippen LogP contribution in [-0.4, -0.2) is 33.9 Å². The number of alkyl halides is 2. The van der Waals surface area contributed by atoms with Gasteiger partial charge in [0.1, 0.15) is 11.2 Å². The molecule has 0 spiro atoms. The average molecular weight is 436 g/mol. The van der Waals surface area contributed by atoms with Crippen LogP contribution in [0.1, 0.15) is 60.4 Å². The Morgan fingerprint density at radius 2 is 1.80 bits per heavy atom. The molecule has 2 N–H and O–H groups in total. The van der Waals surface area contributed by atoms with Crippen LogP contribution in [0.15, 0.2) is 24.3 Å². The molecule has 0 bridgehead atoms. The fourth-order valence-corrected chi connectivity index (χ4v) is 4.47. The molecule has 5 nitrogen and oxygen atoms in total. The number of halogens is 3. The zero-order valence-corrected chi connectivity index (χ0v) is 17.9. The number of nitrogens with two attached hydrogens (primary N) is 1. The topological polar surface area (TPSA) is 68.3 Å². The second kappa shape index (κ2) is 6.80. The van der Waals surface area contributed by atoms with Gasteiger partial charge in [0.05, 0.1) is 5.69 Å². The van der Waals surface area contributed by atoms with Gasteiger partial charge in [0, 0.05) is 30.6 Å². The van der Waals surface area contributed by atoms with E-state index in [0.29, 0.717) is 34.6 Å². The van der Waals surface area contributed by atoms with Gasteiger partial charge in [0.15, 0.2) is 0 Å². The van der Waals surface area contributed by atoms with Gasteiger partial charge in [-0.05, 0) is 55.9 Å². The smallest absolute Gasteiger partial charge is 0.285 e. The Morgan fingerprint density at radius 3 is 2.23 bits per heavy atom. The van der Waals surface area contributed by atoms with Crippen molar-refractivity contribution in [2.24, 2.45) is 5.73 Å². The highest BCUT2D eigenvalue weighted by molar-refractivity contribution is 6.30. The molecular formula is C22H24ClF2N3O2. The maximum absolute atomic E-state index is 14.7. The quantitative estimate of drug-likeness (QED) is 0.717. The first-order valence-corrected chi connectivity index (χ1v) is 10.3. The molecule has 2 aliphatic carbocycles. The van der Waals surface area contributed by atoms with Crippen molar-refractivity contribution in [3.05, 3.63) is 46.2 Å². The number of hydrogen-bond donors (Lipinski definition) is 1. The van der Waals surface area contributed by atoms with Gasteiger partial charge in [-0.1, -0.05) is 23.7 Å². The second-order valence-electron chi connectivity index (χ2n) is 8.45. The monoisotopic (exact) mass is 435 g/mol. The van der Waals surface area contributed by atoms with Crippen molar-refractivity contribution < 1.29 is 18.4 Å². The molecule has 1 aromatic carbocycles. The molecule has 0 aliphatic heterocycles. The van der Waals surface area contributed by atoms with Crippen LogP contribution in [0, 0.1) is 6.92 Å². The molecule has 2 aliphatic rings. The molecule has 0 saturated heterocycles. The van der Waals surface area contributed by atoms with Gasteiger partial charge in [-0.2, -0.15) is 0 Å². The Bertz CT molecular complexity index is 1030. The van der Waals surface area contributed by atoms with Gasteiger partial charge in [-0.25, -0.2) is 8.78 Å². The number of nitrogens with zero attached hydrogens (tertiary/aromatic N) is 2. The molecule has 8 heteroatoms. The maximum Gasteiger partial charge on any atom is 0.285 e. The van der Waals surface area contributed by atoms with Gasteiger partial charge >= 0.3 is 0 Å². The van der Waals surface area contributed by atoms with Gasteiger partial charge in [0.25, 0.3) is 11.8 Å². The Labute approximate surface area is 178 Å². The van der Waals surface area contributed by atoms with Crippen LogP contribution in [-0.2, 0) is 10.7 Å². The molecule has 2 aromatic rings. The molecule has 2 saturated carbocycles. The minimum atomic E-state index is -3.13. The van der Waals surface area contributed by atoms with E-state index in [-0.39, 0.29) is 17.4 Å². The summed E-state index contributed by atoms with van der Waals surface area (Å²) < 4.78 is 31.0. The van der Waals surface area contributed by atoms with Crippen LogP contribution in [0.25, 0.3) is 11.1 Å². The molecule has 4 rings (SSSR count). The lowest BCUT2D eigenvalue weighted by molar-refractivity contribution is -0.123. The van der Waals surface area contributed by atoms with E-state index in [1.165, 1.54) is 16.5 Å². The highest BCUT2D eigenvalue weighted by Gasteiger charge is 2.55. The summed E-state index contributed by atoms with van der Waals surface area (Å²) in [4.78, 5) is 27.0. The molecular weight excluding hydrogens is 412 g/mol. The zero-order valence-electron chi connectivity index (χ0n) is 17.1. The third-order valence-electron chi connectivity index (χ3n) is 6.24. The highest BCUT2D eigenvalue weighted by atomic mass is 35.5. The van der Waals surface area contributed by atoms with Crippen molar-refractivity contribution in [2.75, 3.05) is 7.05 Å². The second-order valence-corrected chi connectivity index (χ2v) is 8.89. The van der Waals surface area contributed by atoms with Crippen molar-refractivity contribution in [1.29, 1.82) is 0 Å². The molecule has 2 fully saturated rings. The van der Waals surface area contributed by atoms with Crippen molar-refractivity contribution in [1.82, 2.24) is 9.47 Å². The third-order valence-corrected chi connectivity index (χ3v) is 6.49. The summed E-state index contributed by atoms with van der Waals surface area (Å²) in [5.41, 5.74) is 5.97. The lowest BCUT2D eigenvalue weighted by Crippen LogP contribution is -2.48. The number of benzene rings is 1. The largest absolute Gasteiger partial charge is 0.368 e. The minimum absolute atomic E-state index is 0.157. The molecule has 30 heavy (non-hydrogen) atoms. The number of rotatable bonds is 6. The molecule has 0 radical (unpaired) electrons.